The number of nitrogens with zero attached hydrogens (tertiary/aromatic N) is 1. The van der Waals surface area contributed by atoms with E-state index >= 15 is 0 Å². The standard InChI is InChI=1S/C16H24N2/c1-2-9-18(10-3-1)11-5-8-14-6-4-7-15-12-17-13-16(14)15/h4,6-7,17H,1-3,5,8-13H2. The van der Waals surface area contributed by atoms with Crippen molar-refractivity contribution in [2.24, 2.45) is 0 Å². The molecule has 0 spiro atoms. The van der Waals surface area contributed by atoms with E-state index in [0.29, 0.717) is 0 Å². The quantitative estimate of drug-likeness (QED) is 0.876. The highest BCUT2D eigenvalue weighted by atomic mass is 15.1. The Morgan fingerprint density at radius 2 is 1.94 bits per heavy atom. The zero-order chi connectivity index (χ0) is 12.2. The van der Waals surface area contributed by atoms with E-state index in [2.05, 4.69) is 28.4 Å². The number of nitrogens with one attached hydrogen (secondary N) is 1. The van der Waals surface area contributed by atoms with Gasteiger partial charge in [-0.2, -0.15) is 0 Å². The largest absolute Gasteiger partial charge is 0.309 e. The second-order valence-corrected chi connectivity index (χ2v) is 5.66. The van der Waals surface area contributed by atoms with Gasteiger partial charge in [-0.1, -0.05) is 24.6 Å². The molecule has 18 heavy (non-hydrogen) atoms. The molecular weight excluding hydrogens is 220 g/mol. The van der Waals surface area contributed by atoms with Gasteiger partial charge < -0.3 is 10.2 Å². The lowest BCUT2D eigenvalue weighted by atomic mass is 9.99. The van der Waals surface area contributed by atoms with E-state index < -0.39 is 0 Å². The molecule has 2 aliphatic rings. The minimum Gasteiger partial charge on any atom is -0.309 e. The molecule has 3 rings (SSSR count). The van der Waals surface area contributed by atoms with Crippen LogP contribution in [0, 0.1) is 0 Å². The Labute approximate surface area is 110 Å². The number of aryl methyl sites for hydroxylation is 1. The predicted octanol–water partition coefficient (Wildman–Crippen LogP) is 2.71. The maximum absolute atomic E-state index is 3.46. The van der Waals surface area contributed by atoms with Crippen molar-refractivity contribution in [2.75, 3.05) is 19.6 Å². The van der Waals surface area contributed by atoms with Gasteiger partial charge in [0.2, 0.25) is 0 Å². The number of hydrogen-bond donors (Lipinski definition) is 1. The molecule has 0 aromatic heterocycles. The van der Waals surface area contributed by atoms with Gasteiger partial charge in [0.1, 0.15) is 0 Å². The van der Waals surface area contributed by atoms with E-state index in [1.54, 1.807) is 11.1 Å². The summed E-state index contributed by atoms with van der Waals surface area (Å²) in [7, 11) is 0. The SMILES string of the molecule is c1cc(CCCN2CCCCC2)c2c(c1)CNC2. The van der Waals surface area contributed by atoms with Gasteiger partial charge in [0.25, 0.3) is 0 Å². The predicted molar refractivity (Wildman–Crippen MR) is 75.6 cm³/mol. The monoisotopic (exact) mass is 244 g/mol. The van der Waals surface area contributed by atoms with Crippen molar-refractivity contribution < 1.29 is 0 Å². The fraction of sp³-hybridized carbons (Fsp3) is 0.625. The van der Waals surface area contributed by atoms with E-state index in [1.807, 2.05) is 0 Å². The van der Waals surface area contributed by atoms with Crippen LogP contribution in [0.1, 0.15) is 42.4 Å². The second kappa shape index (κ2) is 5.85. The van der Waals surface area contributed by atoms with E-state index in [9.17, 15) is 0 Å². The molecular formula is C16H24N2. The van der Waals surface area contributed by atoms with Crippen molar-refractivity contribution in [3.05, 3.63) is 34.9 Å². The van der Waals surface area contributed by atoms with Crippen LogP contribution in [-0.4, -0.2) is 24.5 Å². The topological polar surface area (TPSA) is 15.3 Å². The third-order valence-electron chi connectivity index (χ3n) is 4.36. The summed E-state index contributed by atoms with van der Waals surface area (Å²) in [5.41, 5.74) is 4.68. The number of likely N-dealkylation sites (tertiary alicyclic amines) is 1. The molecule has 2 heterocycles. The van der Waals surface area contributed by atoms with Crippen molar-refractivity contribution in [3.8, 4) is 0 Å². The van der Waals surface area contributed by atoms with Crippen LogP contribution in [0.25, 0.3) is 0 Å². The number of benzene rings is 1. The molecule has 1 aromatic carbocycles. The molecule has 1 aromatic rings. The zero-order valence-corrected chi connectivity index (χ0v) is 11.3. The molecule has 1 fully saturated rings. The van der Waals surface area contributed by atoms with Crippen LogP contribution in [0.4, 0.5) is 0 Å². The van der Waals surface area contributed by atoms with Gasteiger partial charge in [0.05, 0.1) is 0 Å². The lowest BCUT2D eigenvalue weighted by Crippen LogP contribution is -2.30. The molecule has 2 aliphatic heterocycles. The Morgan fingerprint density at radius 1 is 1.06 bits per heavy atom. The molecule has 0 aliphatic carbocycles. The summed E-state index contributed by atoms with van der Waals surface area (Å²) in [4.78, 5) is 2.64. The smallest absolute Gasteiger partial charge is 0.0214 e. The Morgan fingerprint density at radius 3 is 2.83 bits per heavy atom. The van der Waals surface area contributed by atoms with Crippen molar-refractivity contribution in [1.82, 2.24) is 10.2 Å². The van der Waals surface area contributed by atoms with Crippen LogP contribution in [0.5, 0.6) is 0 Å². The Bertz CT molecular complexity index is 394. The molecule has 1 N–H and O–H groups in total. The highest BCUT2D eigenvalue weighted by Crippen LogP contribution is 2.21. The summed E-state index contributed by atoms with van der Waals surface area (Å²) in [5, 5.41) is 3.46. The Kier molecular flexibility index (Phi) is 3.96. The Balaban J connectivity index is 1.52. The van der Waals surface area contributed by atoms with Gasteiger partial charge in [-0.05, 0) is 62.0 Å². The molecule has 0 unspecified atom stereocenters. The highest BCUT2D eigenvalue weighted by Gasteiger charge is 2.14. The molecule has 98 valence electrons. The van der Waals surface area contributed by atoms with Gasteiger partial charge in [-0.25, -0.2) is 0 Å². The summed E-state index contributed by atoms with van der Waals surface area (Å²) in [6.07, 6.45) is 6.82. The number of fused-ring (bicyclic) bond motifs is 1. The highest BCUT2D eigenvalue weighted by molar-refractivity contribution is 5.37. The van der Waals surface area contributed by atoms with E-state index in [4.69, 9.17) is 0 Å². The van der Waals surface area contributed by atoms with Gasteiger partial charge in [-0.3, -0.25) is 0 Å². The summed E-state index contributed by atoms with van der Waals surface area (Å²) in [6, 6.07) is 6.81. The van der Waals surface area contributed by atoms with Gasteiger partial charge in [0.15, 0.2) is 0 Å². The molecule has 0 saturated carbocycles. The first-order valence-electron chi connectivity index (χ1n) is 7.46. The molecule has 2 heteroatoms. The molecule has 0 atom stereocenters. The molecule has 2 nitrogen and oxygen atoms in total. The molecule has 0 bridgehead atoms. The summed E-state index contributed by atoms with van der Waals surface area (Å²) in [5.74, 6) is 0. The number of piperidine rings is 1. The Hall–Kier alpha value is -0.860. The third-order valence-corrected chi connectivity index (χ3v) is 4.36. The average molecular weight is 244 g/mol. The van der Waals surface area contributed by atoms with E-state index in [-0.39, 0.29) is 0 Å². The zero-order valence-electron chi connectivity index (χ0n) is 11.3. The second-order valence-electron chi connectivity index (χ2n) is 5.66. The van der Waals surface area contributed by atoms with Crippen LogP contribution >= 0.6 is 0 Å². The van der Waals surface area contributed by atoms with E-state index in [1.165, 1.54) is 57.3 Å². The normalized spacial score (nSPS) is 20.0. The van der Waals surface area contributed by atoms with Crippen LogP contribution in [0.2, 0.25) is 0 Å². The van der Waals surface area contributed by atoms with Crippen LogP contribution in [0.3, 0.4) is 0 Å². The first kappa shape index (κ1) is 12.2. The molecule has 1 saturated heterocycles. The van der Waals surface area contributed by atoms with E-state index in [0.717, 1.165) is 13.1 Å². The molecule has 0 radical (unpaired) electrons. The first-order chi connectivity index (χ1) is 8.93. The van der Waals surface area contributed by atoms with Crippen molar-refractivity contribution in [1.29, 1.82) is 0 Å². The number of rotatable bonds is 4. The fourth-order valence-corrected chi connectivity index (χ4v) is 3.31. The maximum atomic E-state index is 3.46. The van der Waals surface area contributed by atoms with Gasteiger partial charge in [0, 0.05) is 13.1 Å². The first-order valence-corrected chi connectivity index (χ1v) is 7.46. The van der Waals surface area contributed by atoms with Crippen LogP contribution in [0.15, 0.2) is 18.2 Å². The molecule has 0 amide bonds. The minimum absolute atomic E-state index is 1.06. The summed E-state index contributed by atoms with van der Waals surface area (Å²) in [6.45, 7) is 6.09. The minimum atomic E-state index is 1.06. The maximum Gasteiger partial charge on any atom is 0.0214 e. The lowest BCUT2D eigenvalue weighted by molar-refractivity contribution is 0.226. The fourth-order valence-electron chi connectivity index (χ4n) is 3.31. The van der Waals surface area contributed by atoms with Crippen molar-refractivity contribution in [3.63, 3.8) is 0 Å². The third kappa shape index (κ3) is 2.76. The summed E-state index contributed by atoms with van der Waals surface area (Å²) >= 11 is 0. The van der Waals surface area contributed by atoms with Gasteiger partial charge in [-0.15, -0.1) is 0 Å². The number of hydrogen-bond acceptors (Lipinski definition) is 2. The summed E-state index contributed by atoms with van der Waals surface area (Å²) < 4.78 is 0. The lowest BCUT2D eigenvalue weighted by Gasteiger charge is -2.26. The van der Waals surface area contributed by atoms with Crippen molar-refractivity contribution in [2.45, 2.75) is 45.2 Å². The van der Waals surface area contributed by atoms with Gasteiger partial charge >= 0.3 is 0 Å². The van der Waals surface area contributed by atoms with Crippen LogP contribution in [-0.2, 0) is 19.5 Å². The van der Waals surface area contributed by atoms with Crippen molar-refractivity contribution >= 4 is 0 Å². The average Bonchev–Trinajstić information content (AvgIpc) is 2.89. The van der Waals surface area contributed by atoms with Crippen LogP contribution < -0.4 is 5.32 Å².